The number of fused-ring (bicyclic) bond motifs is 1. The van der Waals surface area contributed by atoms with Crippen molar-refractivity contribution in [1.82, 2.24) is 14.8 Å². The second-order valence-corrected chi connectivity index (χ2v) is 8.06. The molecule has 1 aliphatic rings. The van der Waals surface area contributed by atoms with Crippen LogP contribution in [0.4, 0.5) is 0 Å². The van der Waals surface area contributed by atoms with Crippen molar-refractivity contribution < 1.29 is 9.53 Å². The summed E-state index contributed by atoms with van der Waals surface area (Å²) in [6.45, 7) is 5.86. The van der Waals surface area contributed by atoms with Gasteiger partial charge in [-0.25, -0.2) is 0 Å². The quantitative estimate of drug-likeness (QED) is 0.634. The first-order valence-corrected chi connectivity index (χ1v) is 10.9. The fourth-order valence-electron chi connectivity index (χ4n) is 3.71. The monoisotopic (exact) mass is 397 g/mol. The van der Waals surface area contributed by atoms with Gasteiger partial charge in [0.2, 0.25) is 0 Å². The molecule has 1 saturated heterocycles. The van der Waals surface area contributed by atoms with Crippen LogP contribution in [0.3, 0.4) is 0 Å². The van der Waals surface area contributed by atoms with Gasteiger partial charge >= 0.3 is 0 Å². The summed E-state index contributed by atoms with van der Waals surface area (Å²) >= 11 is 1.71. The summed E-state index contributed by atoms with van der Waals surface area (Å²) in [5, 5.41) is 6.36. The topological polar surface area (TPSA) is 46.5 Å². The molecule has 0 radical (unpaired) electrons. The van der Waals surface area contributed by atoms with Crippen LogP contribution in [0.15, 0.2) is 47.8 Å². The lowest BCUT2D eigenvalue weighted by Gasteiger charge is -2.26. The lowest BCUT2D eigenvalue weighted by Crippen LogP contribution is -2.41. The highest BCUT2D eigenvalue weighted by Crippen LogP contribution is 2.26. The minimum atomic E-state index is 0.0244. The fraction of sp³-hybridized carbons (Fsp3) is 0.409. The molecule has 5 nitrogen and oxygen atoms in total. The van der Waals surface area contributed by atoms with Gasteiger partial charge < -0.3 is 14.6 Å². The molecule has 1 amide bonds. The summed E-state index contributed by atoms with van der Waals surface area (Å²) in [6.07, 6.45) is 2.03. The maximum absolute atomic E-state index is 12.8. The molecule has 1 aromatic carbocycles. The molecule has 6 heteroatoms. The molecule has 0 unspecified atom stereocenters. The minimum absolute atomic E-state index is 0.0244. The maximum Gasteiger partial charge on any atom is 0.268 e. The second kappa shape index (κ2) is 9.37. The zero-order chi connectivity index (χ0) is 19.2. The number of benzene rings is 1. The van der Waals surface area contributed by atoms with Crippen molar-refractivity contribution in [1.29, 1.82) is 0 Å². The lowest BCUT2D eigenvalue weighted by molar-refractivity contribution is 0.0383. The van der Waals surface area contributed by atoms with Crippen LogP contribution >= 0.6 is 11.3 Å². The number of rotatable bonds is 8. The number of morpholine rings is 1. The molecule has 0 bridgehead atoms. The van der Waals surface area contributed by atoms with E-state index in [4.69, 9.17) is 4.74 Å². The first-order chi connectivity index (χ1) is 13.8. The first-order valence-electron chi connectivity index (χ1n) is 10.0. The van der Waals surface area contributed by atoms with Crippen LogP contribution in [0.25, 0.3) is 10.2 Å². The standard InChI is InChI=1S/C22H27N3O2S/c26-21(23-9-11-24-12-14-27-15-13-24)20-17-19-8-16-28-22(19)25(20)10-4-7-18-5-2-1-3-6-18/h1-3,5-6,8,16-17H,4,7,9-15H2,(H,23,26). The molecule has 0 saturated carbocycles. The summed E-state index contributed by atoms with van der Waals surface area (Å²) in [5.74, 6) is 0.0244. The second-order valence-electron chi connectivity index (χ2n) is 7.16. The third-order valence-electron chi connectivity index (χ3n) is 5.24. The Kier molecular flexibility index (Phi) is 6.41. The highest BCUT2D eigenvalue weighted by atomic mass is 32.1. The van der Waals surface area contributed by atoms with Gasteiger partial charge in [0.15, 0.2) is 0 Å². The Balaban J connectivity index is 1.37. The Bertz CT molecular complexity index is 897. The summed E-state index contributed by atoms with van der Waals surface area (Å²) in [6, 6.07) is 14.7. The maximum atomic E-state index is 12.8. The molecule has 2 aromatic heterocycles. The Morgan fingerprint density at radius 1 is 1.11 bits per heavy atom. The predicted molar refractivity (Wildman–Crippen MR) is 114 cm³/mol. The highest BCUT2D eigenvalue weighted by Gasteiger charge is 2.17. The number of aromatic nitrogens is 1. The Morgan fingerprint density at radius 2 is 1.93 bits per heavy atom. The zero-order valence-corrected chi connectivity index (χ0v) is 16.9. The molecule has 28 heavy (non-hydrogen) atoms. The zero-order valence-electron chi connectivity index (χ0n) is 16.1. The van der Waals surface area contributed by atoms with Gasteiger partial charge in [-0.05, 0) is 35.9 Å². The van der Waals surface area contributed by atoms with Crippen LogP contribution in [-0.2, 0) is 17.7 Å². The van der Waals surface area contributed by atoms with Crippen molar-refractivity contribution in [3.63, 3.8) is 0 Å². The van der Waals surface area contributed by atoms with Crippen LogP contribution in [0.2, 0.25) is 0 Å². The normalized spacial score (nSPS) is 15.1. The van der Waals surface area contributed by atoms with Gasteiger partial charge in [-0.1, -0.05) is 30.3 Å². The first kappa shape index (κ1) is 19.2. The van der Waals surface area contributed by atoms with Crippen LogP contribution in [0, 0.1) is 0 Å². The average molecular weight is 398 g/mol. The lowest BCUT2D eigenvalue weighted by atomic mass is 10.1. The van der Waals surface area contributed by atoms with Crippen LogP contribution in [-0.4, -0.2) is 54.8 Å². The van der Waals surface area contributed by atoms with Crippen molar-refractivity contribution in [2.45, 2.75) is 19.4 Å². The van der Waals surface area contributed by atoms with Crippen molar-refractivity contribution in [2.24, 2.45) is 0 Å². The van der Waals surface area contributed by atoms with E-state index < -0.39 is 0 Å². The molecule has 1 aliphatic heterocycles. The highest BCUT2D eigenvalue weighted by molar-refractivity contribution is 7.16. The van der Waals surface area contributed by atoms with E-state index >= 15 is 0 Å². The van der Waals surface area contributed by atoms with E-state index in [1.165, 1.54) is 10.4 Å². The number of hydrogen-bond acceptors (Lipinski definition) is 4. The molecule has 1 N–H and O–H groups in total. The molecule has 0 spiro atoms. The molecule has 148 valence electrons. The van der Waals surface area contributed by atoms with E-state index in [1.807, 2.05) is 12.1 Å². The summed E-state index contributed by atoms with van der Waals surface area (Å²) in [4.78, 5) is 16.4. The largest absolute Gasteiger partial charge is 0.379 e. The van der Waals surface area contributed by atoms with Gasteiger partial charge in [-0.15, -0.1) is 11.3 Å². The third-order valence-corrected chi connectivity index (χ3v) is 6.19. The molecular weight excluding hydrogens is 370 g/mol. The third kappa shape index (κ3) is 4.63. The Hall–Kier alpha value is -2.15. The molecular formula is C22H27N3O2S. The van der Waals surface area contributed by atoms with Crippen LogP contribution in [0.1, 0.15) is 22.5 Å². The van der Waals surface area contributed by atoms with Crippen LogP contribution < -0.4 is 5.32 Å². The van der Waals surface area contributed by atoms with E-state index in [9.17, 15) is 4.79 Å². The van der Waals surface area contributed by atoms with Gasteiger partial charge in [-0.2, -0.15) is 0 Å². The fourth-order valence-corrected chi connectivity index (χ4v) is 4.64. The van der Waals surface area contributed by atoms with Crippen molar-refractivity contribution in [3.05, 3.63) is 59.1 Å². The van der Waals surface area contributed by atoms with Crippen molar-refractivity contribution >= 4 is 27.5 Å². The molecule has 1 fully saturated rings. The van der Waals surface area contributed by atoms with E-state index in [0.29, 0.717) is 6.54 Å². The number of hydrogen-bond donors (Lipinski definition) is 1. The summed E-state index contributed by atoms with van der Waals surface area (Å²) in [7, 11) is 0. The smallest absolute Gasteiger partial charge is 0.268 e. The van der Waals surface area contributed by atoms with Crippen molar-refractivity contribution in [3.8, 4) is 0 Å². The number of thiophene rings is 1. The minimum Gasteiger partial charge on any atom is -0.379 e. The number of nitrogens with one attached hydrogen (secondary N) is 1. The number of carbonyl (C=O) groups is 1. The van der Waals surface area contributed by atoms with Gasteiger partial charge in [0.05, 0.1) is 13.2 Å². The number of ether oxygens (including phenoxy) is 1. The predicted octanol–water partition coefficient (Wildman–Crippen LogP) is 3.40. The molecule has 0 aliphatic carbocycles. The van der Waals surface area contributed by atoms with E-state index in [-0.39, 0.29) is 5.91 Å². The molecule has 0 atom stereocenters. The number of nitrogens with zero attached hydrogens (tertiary/aromatic N) is 2. The van der Waals surface area contributed by atoms with Crippen LogP contribution in [0.5, 0.6) is 0 Å². The summed E-state index contributed by atoms with van der Waals surface area (Å²) in [5.41, 5.74) is 2.12. The average Bonchev–Trinajstić information content (AvgIpc) is 3.32. The summed E-state index contributed by atoms with van der Waals surface area (Å²) < 4.78 is 7.56. The molecule has 4 rings (SSSR count). The molecule has 3 heterocycles. The van der Waals surface area contributed by atoms with E-state index in [2.05, 4.69) is 50.5 Å². The SMILES string of the molecule is O=C(NCCN1CCOCC1)c1cc2ccsc2n1CCCc1ccccc1. The van der Waals surface area contributed by atoms with E-state index in [1.54, 1.807) is 11.3 Å². The Labute approximate surface area is 169 Å². The van der Waals surface area contributed by atoms with Gasteiger partial charge in [0.1, 0.15) is 10.5 Å². The number of amides is 1. The Morgan fingerprint density at radius 3 is 2.75 bits per heavy atom. The van der Waals surface area contributed by atoms with Gasteiger partial charge in [0, 0.05) is 38.1 Å². The number of carbonyl (C=O) groups excluding carboxylic acids is 1. The van der Waals surface area contributed by atoms with E-state index in [0.717, 1.165) is 63.3 Å². The van der Waals surface area contributed by atoms with Gasteiger partial charge in [-0.3, -0.25) is 9.69 Å². The molecule has 3 aromatic rings. The number of aryl methyl sites for hydroxylation is 2. The van der Waals surface area contributed by atoms with Gasteiger partial charge in [0.25, 0.3) is 5.91 Å². The van der Waals surface area contributed by atoms with Crippen molar-refractivity contribution in [2.75, 3.05) is 39.4 Å².